The molecule has 0 bridgehead atoms. The third-order valence-electron chi connectivity index (χ3n) is 4.93. The van der Waals surface area contributed by atoms with Gasteiger partial charge in [-0.2, -0.15) is 0 Å². The van der Waals surface area contributed by atoms with E-state index in [1.54, 1.807) is 0 Å². The Balaban J connectivity index is 1.69. The van der Waals surface area contributed by atoms with Crippen molar-refractivity contribution in [3.8, 4) is 0 Å². The van der Waals surface area contributed by atoms with Crippen molar-refractivity contribution in [3.63, 3.8) is 0 Å². The molecule has 0 aromatic carbocycles. The lowest BCUT2D eigenvalue weighted by molar-refractivity contribution is 0.00493. The van der Waals surface area contributed by atoms with Crippen LogP contribution in [0, 0.1) is 12.8 Å². The zero-order valence-electron chi connectivity index (χ0n) is 13.0. The predicted octanol–water partition coefficient (Wildman–Crippen LogP) is 2.60. The van der Waals surface area contributed by atoms with Crippen LogP contribution in [0.2, 0.25) is 0 Å². The Labute approximate surface area is 126 Å². The Morgan fingerprint density at radius 3 is 2.52 bits per heavy atom. The van der Waals surface area contributed by atoms with Gasteiger partial charge in [-0.25, -0.2) is 9.97 Å². The molecule has 21 heavy (non-hydrogen) atoms. The van der Waals surface area contributed by atoms with E-state index in [9.17, 15) is 5.11 Å². The molecule has 5 nitrogen and oxygen atoms in total. The highest BCUT2D eigenvalue weighted by atomic mass is 16.3. The molecular weight excluding hydrogens is 264 g/mol. The molecule has 2 saturated carbocycles. The van der Waals surface area contributed by atoms with E-state index in [0.717, 1.165) is 61.6 Å². The molecule has 0 radical (unpaired) electrons. The molecule has 1 aromatic heterocycles. The molecule has 2 aliphatic carbocycles. The fourth-order valence-corrected chi connectivity index (χ4v) is 2.97. The maximum absolute atomic E-state index is 10.7. The summed E-state index contributed by atoms with van der Waals surface area (Å²) >= 11 is 0. The minimum atomic E-state index is -0.613. The molecule has 5 heteroatoms. The van der Waals surface area contributed by atoms with Crippen molar-refractivity contribution in [1.29, 1.82) is 0 Å². The van der Waals surface area contributed by atoms with E-state index in [1.165, 1.54) is 0 Å². The molecule has 0 spiro atoms. The Kier molecular flexibility index (Phi) is 3.78. The van der Waals surface area contributed by atoms with Gasteiger partial charge in [-0.05, 0) is 51.4 Å². The van der Waals surface area contributed by atoms with Crippen molar-refractivity contribution in [3.05, 3.63) is 11.4 Å². The number of anilines is 2. The summed E-state index contributed by atoms with van der Waals surface area (Å²) in [5, 5.41) is 14.0. The van der Waals surface area contributed by atoms with Crippen molar-refractivity contribution >= 4 is 11.6 Å². The van der Waals surface area contributed by atoms with Crippen LogP contribution in [0.25, 0.3) is 0 Å². The molecule has 4 N–H and O–H groups in total. The van der Waals surface area contributed by atoms with Gasteiger partial charge in [0.15, 0.2) is 0 Å². The van der Waals surface area contributed by atoms with Gasteiger partial charge in [0, 0.05) is 18.0 Å². The number of nitrogens with one attached hydrogen (secondary N) is 1. The fraction of sp³-hybridized carbons (Fsp3) is 0.750. The van der Waals surface area contributed by atoms with E-state index in [-0.39, 0.29) is 0 Å². The Morgan fingerprint density at radius 2 is 1.90 bits per heavy atom. The zero-order chi connectivity index (χ0) is 15.0. The lowest BCUT2D eigenvalue weighted by Crippen LogP contribution is -2.40. The smallest absolute Gasteiger partial charge is 0.136 e. The molecule has 1 heterocycles. The second-order valence-electron chi connectivity index (χ2n) is 6.98. The second-order valence-corrected chi connectivity index (χ2v) is 6.98. The van der Waals surface area contributed by atoms with E-state index < -0.39 is 5.60 Å². The summed E-state index contributed by atoms with van der Waals surface area (Å²) in [5.74, 6) is 3.40. The van der Waals surface area contributed by atoms with Gasteiger partial charge in [-0.3, -0.25) is 0 Å². The summed E-state index contributed by atoms with van der Waals surface area (Å²) in [7, 11) is 0. The van der Waals surface area contributed by atoms with E-state index >= 15 is 0 Å². The van der Waals surface area contributed by atoms with Crippen LogP contribution in [0.4, 0.5) is 11.6 Å². The predicted molar refractivity (Wildman–Crippen MR) is 84.2 cm³/mol. The minimum absolute atomic E-state index is 0.479. The molecule has 0 unspecified atom stereocenters. The first-order chi connectivity index (χ1) is 9.97. The number of aliphatic hydroxyl groups is 1. The average molecular weight is 290 g/mol. The van der Waals surface area contributed by atoms with Gasteiger partial charge >= 0.3 is 0 Å². The SMILES string of the molecule is Cc1c(N)nc(C2CC2)nc1NCC1(O)CCC(C)CC1. The minimum Gasteiger partial charge on any atom is -0.388 e. The highest BCUT2D eigenvalue weighted by Crippen LogP contribution is 2.39. The molecule has 0 saturated heterocycles. The maximum Gasteiger partial charge on any atom is 0.136 e. The summed E-state index contributed by atoms with van der Waals surface area (Å²) in [6.45, 7) is 4.73. The van der Waals surface area contributed by atoms with Crippen LogP contribution in [-0.4, -0.2) is 27.2 Å². The molecule has 0 aliphatic heterocycles. The second kappa shape index (κ2) is 5.44. The van der Waals surface area contributed by atoms with Gasteiger partial charge in [0.1, 0.15) is 17.5 Å². The summed E-state index contributed by atoms with van der Waals surface area (Å²) in [4.78, 5) is 8.99. The van der Waals surface area contributed by atoms with Crippen LogP contribution in [0.1, 0.15) is 62.8 Å². The Morgan fingerprint density at radius 1 is 1.24 bits per heavy atom. The van der Waals surface area contributed by atoms with Crippen molar-refractivity contribution < 1.29 is 5.11 Å². The fourth-order valence-electron chi connectivity index (χ4n) is 2.97. The molecular formula is C16H26N4O. The van der Waals surface area contributed by atoms with Gasteiger partial charge in [0.2, 0.25) is 0 Å². The molecule has 0 amide bonds. The summed E-state index contributed by atoms with van der Waals surface area (Å²) < 4.78 is 0. The lowest BCUT2D eigenvalue weighted by atomic mass is 9.79. The molecule has 0 atom stereocenters. The zero-order valence-corrected chi connectivity index (χ0v) is 13.0. The van der Waals surface area contributed by atoms with E-state index in [0.29, 0.717) is 18.3 Å². The van der Waals surface area contributed by atoms with Crippen molar-refractivity contribution in [2.45, 2.75) is 63.9 Å². The first-order valence-corrected chi connectivity index (χ1v) is 8.07. The molecule has 2 fully saturated rings. The number of rotatable bonds is 4. The number of hydrogen-bond acceptors (Lipinski definition) is 5. The molecule has 2 aliphatic rings. The molecule has 3 rings (SSSR count). The van der Waals surface area contributed by atoms with Gasteiger partial charge in [0.25, 0.3) is 0 Å². The topological polar surface area (TPSA) is 84.1 Å². The monoisotopic (exact) mass is 290 g/mol. The van der Waals surface area contributed by atoms with Crippen LogP contribution in [0.5, 0.6) is 0 Å². The van der Waals surface area contributed by atoms with Gasteiger partial charge in [0.05, 0.1) is 5.60 Å². The maximum atomic E-state index is 10.7. The van der Waals surface area contributed by atoms with Crippen LogP contribution in [-0.2, 0) is 0 Å². The highest BCUT2D eigenvalue weighted by Gasteiger charge is 2.32. The molecule has 1 aromatic rings. The first kappa shape index (κ1) is 14.6. The number of nitrogens with two attached hydrogens (primary N) is 1. The third-order valence-corrected chi connectivity index (χ3v) is 4.93. The van der Waals surface area contributed by atoms with Gasteiger partial charge < -0.3 is 16.2 Å². The van der Waals surface area contributed by atoms with E-state index in [4.69, 9.17) is 5.73 Å². The van der Waals surface area contributed by atoms with E-state index in [1.807, 2.05) is 6.92 Å². The summed E-state index contributed by atoms with van der Waals surface area (Å²) in [6, 6.07) is 0. The van der Waals surface area contributed by atoms with Crippen molar-refractivity contribution in [1.82, 2.24) is 9.97 Å². The van der Waals surface area contributed by atoms with Crippen LogP contribution in [0.3, 0.4) is 0 Å². The normalized spacial score (nSPS) is 29.4. The van der Waals surface area contributed by atoms with Crippen LogP contribution in [0.15, 0.2) is 0 Å². The number of aromatic nitrogens is 2. The van der Waals surface area contributed by atoms with E-state index in [2.05, 4.69) is 22.2 Å². The highest BCUT2D eigenvalue weighted by molar-refractivity contribution is 5.55. The van der Waals surface area contributed by atoms with Crippen molar-refractivity contribution in [2.75, 3.05) is 17.6 Å². The standard InChI is InChI=1S/C16H26N4O/c1-10-5-7-16(21,8-6-10)9-18-14-11(2)13(17)19-15(20-14)12-3-4-12/h10,12,21H,3-9H2,1-2H3,(H3,17,18,19,20). The van der Waals surface area contributed by atoms with Crippen LogP contribution < -0.4 is 11.1 Å². The largest absolute Gasteiger partial charge is 0.388 e. The van der Waals surface area contributed by atoms with Crippen molar-refractivity contribution in [2.24, 2.45) is 5.92 Å². The summed E-state index contributed by atoms with van der Waals surface area (Å²) in [6.07, 6.45) is 6.22. The average Bonchev–Trinajstić information content (AvgIpc) is 3.29. The quantitative estimate of drug-likeness (QED) is 0.794. The van der Waals surface area contributed by atoms with Gasteiger partial charge in [-0.15, -0.1) is 0 Å². The number of nitrogens with zero attached hydrogens (tertiary/aromatic N) is 2. The Bertz CT molecular complexity index is 519. The lowest BCUT2D eigenvalue weighted by Gasteiger charge is -2.35. The van der Waals surface area contributed by atoms with Crippen LogP contribution >= 0.6 is 0 Å². The number of hydrogen-bond donors (Lipinski definition) is 3. The first-order valence-electron chi connectivity index (χ1n) is 8.07. The third kappa shape index (κ3) is 3.28. The number of nitrogen functional groups attached to an aromatic ring is 1. The summed E-state index contributed by atoms with van der Waals surface area (Å²) in [5.41, 5.74) is 6.26. The Hall–Kier alpha value is -1.36. The van der Waals surface area contributed by atoms with Gasteiger partial charge in [-0.1, -0.05) is 6.92 Å². The molecule has 116 valence electrons.